The van der Waals surface area contributed by atoms with Gasteiger partial charge in [-0.2, -0.15) is 0 Å². The highest BCUT2D eigenvalue weighted by atomic mass is 35.5. The number of ketones is 2. The van der Waals surface area contributed by atoms with Crippen LogP contribution in [0.1, 0.15) is 20.0 Å². The third-order valence-corrected chi connectivity index (χ3v) is 5.32. The lowest BCUT2D eigenvalue weighted by Crippen LogP contribution is -2.49. The lowest BCUT2D eigenvalue weighted by atomic mass is 10.1. The lowest BCUT2D eigenvalue weighted by Gasteiger charge is -2.33. The maximum Gasteiger partial charge on any atom is 0.186 e. The summed E-state index contributed by atoms with van der Waals surface area (Å²) >= 11 is 7.34. The van der Waals surface area contributed by atoms with Crippen molar-refractivity contribution in [3.8, 4) is 0 Å². The molecule has 126 valence electrons. The normalized spacial score (nSPS) is 16.2. The first-order valence-corrected chi connectivity index (χ1v) is 9.18. The van der Waals surface area contributed by atoms with E-state index in [0.29, 0.717) is 23.7 Å². The Morgan fingerprint density at radius 3 is 2.04 bits per heavy atom. The summed E-state index contributed by atoms with van der Waals surface area (Å²) in [6.45, 7) is 4.10. The SMILES string of the molecule is O=C(CN1CCN(CC(=O)c2cccs2)CC1)c1ccc(Cl)cc1. The molecular formula is C18H19ClN2O2S. The summed E-state index contributed by atoms with van der Waals surface area (Å²) in [4.78, 5) is 29.5. The van der Waals surface area contributed by atoms with E-state index in [1.54, 1.807) is 24.3 Å². The minimum atomic E-state index is 0.106. The minimum Gasteiger partial charge on any atom is -0.293 e. The van der Waals surface area contributed by atoms with Crippen LogP contribution in [-0.4, -0.2) is 60.6 Å². The fourth-order valence-electron chi connectivity index (χ4n) is 2.75. The van der Waals surface area contributed by atoms with Gasteiger partial charge in [0.25, 0.3) is 0 Å². The predicted octanol–water partition coefficient (Wildman–Crippen LogP) is 3.08. The summed E-state index contributed by atoms with van der Waals surface area (Å²) in [6, 6.07) is 10.8. The molecular weight excluding hydrogens is 344 g/mol. The van der Waals surface area contributed by atoms with Gasteiger partial charge in [-0.1, -0.05) is 17.7 Å². The fourth-order valence-corrected chi connectivity index (χ4v) is 3.54. The van der Waals surface area contributed by atoms with Crippen LogP contribution in [-0.2, 0) is 0 Å². The molecule has 2 aromatic rings. The fraction of sp³-hybridized carbons (Fsp3) is 0.333. The zero-order chi connectivity index (χ0) is 16.9. The van der Waals surface area contributed by atoms with Gasteiger partial charge in [0.1, 0.15) is 0 Å². The van der Waals surface area contributed by atoms with Crippen molar-refractivity contribution in [2.45, 2.75) is 0 Å². The Kier molecular flexibility index (Phi) is 5.79. The van der Waals surface area contributed by atoms with Crippen molar-refractivity contribution < 1.29 is 9.59 Å². The van der Waals surface area contributed by atoms with Gasteiger partial charge in [-0.05, 0) is 35.7 Å². The Morgan fingerprint density at radius 1 is 0.917 bits per heavy atom. The molecule has 6 heteroatoms. The third-order valence-electron chi connectivity index (χ3n) is 4.16. The number of halogens is 1. The number of thiophene rings is 1. The van der Waals surface area contributed by atoms with Crippen molar-refractivity contribution in [2.75, 3.05) is 39.3 Å². The molecule has 0 atom stereocenters. The molecule has 4 nitrogen and oxygen atoms in total. The molecule has 1 aromatic carbocycles. The third kappa shape index (κ3) is 4.51. The molecule has 0 radical (unpaired) electrons. The molecule has 0 saturated carbocycles. The van der Waals surface area contributed by atoms with Gasteiger partial charge < -0.3 is 0 Å². The van der Waals surface area contributed by atoms with E-state index >= 15 is 0 Å². The maximum atomic E-state index is 12.3. The van der Waals surface area contributed by atoms with Gasteiger partial charge in [0.05, 0.1) is 18.0 Å². The Hall–Kier alpha value is -1.53. The van der Waals surface area contributed by atoms with Crippen LogP contribution in [0.4, 0.5) is 0 Å². The van der Waals surface area contributed by atoms with E-state index in [2.05, 4.69) is 9.80 Å². The number of piperazine rings is 1. The number of carbonyl (C=O) groups is 2. The van der Waals surface area contributed by atoms with Gasteiger partial charge in [0.2, 0.25) is 0 Å². The van der Waals surface area contributed by atoms with E-state index in [1.165, 1.54) is 11.3 Å². The van der Waals surface area contributed by atoms with Crippen LogP contribution < -0.4 is 0 Å². The van der Waals surface area contributed by atoms with Crippen molar-refractivity contribution in [3.05, 3.63) is 57.2 Å². The summed E-state index contributed by atoms with van der Waals surface area (Å²) < 4.78 is 0. The van der Waals surface area contributed by atoms with Crippen molar-refractivity contribution in [3.63, 3.8) is 0 Å². The zero-order valence-electron chi connectivity index (χ0n) is 13.3. The van der Waals surface area contributed by atoms with Crippen LogP contribution in [0.2, 0.25) is 5.02 Å². The van der Waals surface area contributed by atoms with E-state index in [9.17, 15) is 9.59 Å². The van der Waals surface area contributed by atoms with Crippen LogP contribution in [0.25, 0.3) is 0 Å². The van der Waals surface area contributed by atoms with Crippen LogP contribution in [0.15, 0.2) is 41.8 Å². The van der Waals surface area contributed by atoms with Crippen LogP contribution in [0.5, 0.6) is 0 Å². The molecule has 0 aliphatic carbocycles. The second-order valence-electron chi connectivity index (χ2n) is 5.88. The number of hydrogen-bond donors (Lipinski definition) is 0. The van der Waals surface area contributed by atoms with Gasteiger partial charge in [0.15, 0.2) is 11.6 Å². The van der Waals surface area contributed by atoms with Crippen molar-refractivity contribution in [2.24, 2.45) is 0 Å². The first-order valence-electron chi connectivity index (χ1n) is 7.92. The average Bonchev–Trinajstić information content (AvgIpc) is 3.12. The first kappa shape index (κ1) is 17.3. The molecule has 0 N–H and O–H groups in total. The maximum absolute atomic E-state index is 12.3. The number of rotatable bonds is 6. The summed E-state index contributed by atoms with van der Waals surface area (Å²) in [5, 5.41) is 2.56. The van der Waals surface area contributed by atoms with E-state index < -0.39 is 0 Å². The van der Waals surface area contributed by atoms with Crippen molar-refractivity contribution in [1.82, 2.24) is 9.80 Å². The predicted molar refractivity (Wildman–Crippen MR) is 97.3 cm³/mol. The van der Waals surface area contributed by atoms with Gasteiger partial charge in [-0.15, -0.1) is 11.3 Å². The number of hydrogen-bond acceptors (Lipinski definition) is 5. The van der Waals surface area contributed by atoms with Gasteiger partial charge >= 0.3 is 0 Å². The Balaban J connectivity index is 1.46. The second kappa shape index (κ2) is 8.03. The Labute approximate surface area is 150 Å². The van der Waals surface area contributed by atoms with Gasteiger partial charge in [0, 0.05) is 36.8 Å². The highest BCUT2D eigenvalue weighted by Gasteiger charge is 2.21. The first-order chi connectivity index (χ1) is 11.6. The number of carbonyl (C=O) groups excluding carboxylic acids is 2. The summed E-state index contributed by atoms with van der Waals surface area (Å²) in [7, 11) is 0. The molecule has 0 amide bonds. The molecule has 1 aromatic heterocycles. The van der Waals surface area contributed by atoms with Gasteiger partial charge in [-0.25, -0.2) is 0 Å². The zero-order valence-corrected chi connectivity index (χ0v) is 14.9. The van der Waals surface area contributed by atoms with E-state index in [1.807, 2.05) is 17.5 Å². The molecule has 24 heavy (non-hydrogen) atoms. The van der Waals surface area contributed by atoms with Gasteiger partial charge in [-0.3, -0.25) is 19.4 Å². The highest BCUT2D eigenvalue weighted by Crippen LogP contribution is 2.13. The molecule has 1 aliphatic heterocycles. The largest absolute Gasteiger partial charge is 0.293 e. The smallest absolute Gasteiger partial charge is 0.186 e. The Morgan fingerprint density at radius 2 is 1.50 bits per heavy atom. The van der Waals surface area contributed by atoms with E-state index in [-0.39, 0.29) is 11.6 Å². The topological polar surface area (TPSA) is 40.6 Å². The molecule has 1 aliphatic rings. The van der Waals surface area contributed by atoms with Crippen molar-refractivity contribution >= 4 is 34.5 Å². The van der Waals surface area contributed by atoms with Crippen molar-refractivity contribution in [1.29, 1.82) is 0 Å². The molecule has 2 heterocycles. The van der Waals surface area contributed by atoms with Crippen LogP contribution >= 0.6 is 22.9 Å². The number of benzene rings is 1. The molecule has 1 saturated heterocycles. The standard InChI is InChI=1S/C18H19ClN2O2S/c19-15-5-3-14(4-6-15)16(22)12-20-7-9-21(10-8-20)13-17(23)18-2-1-11-24-18/h1-6,11H,7-10,12-13H2. The molecule has 1 fully saturated rings. The highest BCUT2D eigenvalue weighted by molar-refractivity contribution is 7.12. The quantitative estimate of drug-likeness (QED) is 0.740. The summed E-state index contributed by atoms with van der Waals surface area (Å²) in [5.74, 6) is 0.283. The lowest BCUT2D eigenvalue weighted by molar-refractivity contribution is 0.0784. The molecule has 0 spiro atoms. The number of nitrogens with zero attached hydrogens (tertiary/aromatic N) is 2. The monoisotopic (exact) mass is 362 g/mol. The van der Waals surface area contributed by atoms with Crippen LogP contribution in [0, 0.1) is 0 Å². The van der Waals surface area contributed by atoms with E-state index in [0.717, 1.165) is 31.1 Å². The summed E-state index contributed by atoms with van der Waals surface area (Å²) in [5.41, 5.74) is 0.690. The second-order valence-corrected chi connectivity index (χ2v) is 7.27. The number of Topliss-reactive ketones (excluding diaryl/α,β-unsaturated/α-hetero) is 2. The average molecular weight is 363 g/mol. The Bertz CT molecular complexity index is 692. The molecule has 3 rings (SSSR count). The molecule has 0 bridgehead atoms. The van der Waals surface area contributed by atoms with Crippen LogP contribution in [0.3, 0.4) is 0 Å². The van der Waals surface area contributed by atoms with E-state index in [4.69, 9.17) is 11.6 Å². The minimum absolute atomic E-state index is 0.106. The summed E-state index contributed by atoms with van der Waals surface area (Å²) in [6.07, 6.45) is 0. The molecule has 0 unspecified atom stereocenters.